The monoisotopic (exact) mass is 190 g/mol. The first kappa shape index (κ1) is 8.76. The quantitative estimate of drug-likeness (QED) is 0.700. The maximum Gasteiger partial charge on any atom is 0.115 e. The van der Waals surface area contributed by atoms with Crippen LogP contribution in [-0.2, 0) is 7.05 Å². The Labute approximate surface area is 80.8 Å². The third-order valence-corrected chi connectivity index (χ3v) is 1.88. The van der Waals surface area contributed by atoms with Crippen molar-refractivity contribution < 1.29 is 0 Å². The smallest absolute Gasteiger partial charge is 0.115 e. The lowest BCUT2D eigenvalue weighted by atomic mass is 10.1. The Kier molecular flexibility index (Phi) is 2.19. The average molecular weight is 190 g/mol. The van der Waals surface area contributed by atoms with E-state index in [1.807, 2.05) is 0 Å². The normalized spacial score (nSPS) is 12.7. The predicted molar refractivity (Wildman–Crippen MR) is 49.1 cm³/mol. The highest BCUT2D eigenvalue weighted by atomic mass is 15.4. The van der Waals surface area contributed by atoms with Gasteiger partial charge in [-0.1, -0.05) is 5.21 Å². The zero-order chi connectivity index (χ0) is 9.97. The fourth-order valence-electron chi connectivity index (χ4n) is 1.15. The van der Waals surface area contributed by atoms with Crippen molar-refractivity contribution in [3.05, 3.63) is 36.2 Å². The molecule has 2 heterocycles. The molecule has 2 rings (SSSR count). The second-order valence-electron chi connectivity index (χ2n) is 2.97. The average Bonchev–Trinajstić information content (AvgIpc) is 2.65. The van der Waals surface area contributed by atoms with E-state index in [1.165, 1.54) is 6.33 Å². The van der Waals surface area contributed by atoms with E-state index in [-0.39, 0.29) is 6.04 Å². The topological polar surface area (TPSA) is 82.5 Å². The first-order chi connectivity index (χ1) is 6.77. The summed E-state index contributed by atoms with van der Waals surface area (Å²) < 4.78 is 1.61. The van der Waals surface area contributed by atoms with E-state index < -0.39 is 0 Å². The summed E-state index contributed by atoms with van der Waals surface area (Å²) in [5, 5.41) is 7.73. The second kappa shape index (κ2) is 3.51. The van der Waals surface area contributed by atoms with Crippen LogP contribution >= 0.6 is 0 Å². The largest absolute Gasteiger partial charge is 0.319 e. The molecule has 0 saturated heterocycles. The van der Waals surface area contributed by atoms with Crippen LogP contribution in [0.3, 0.4) is 0 Å². The molecule has 2 aromatic rings. The lowest BCUT2D eigenvalue weighted by molar-refractivity contribution is 0.710. The molecule has 0 aliphatic carbocycles. The summed E-state index contributed by atoms with van der Waals surface area (Å²) in [5.41, 5.74) is 7.47. The van der Waals surface area contributed by atoms with Gasteiger partial charge in [0.15, 0.2) is 0 Å². The Bertz CT molecular complexity index is 409. The van der Waals surface area contributed by atoms with Crippen molar-refractivity contribution in [2.45, 2.75) is 6.04 Å². The third-order valence-electron chi connectivity index (χ3n) is 1.88. The van der Waals surface area contributed by atoms with Crippen LogP contribution in [0, 0.1) is 0 Å². The lowest BCUT2D eigenvalue weighted by Gasteiger charge is -2.05. The summed E-state index contributed by atoms with van der Waals surface area (Å²) >= 11 is 0. The van der Waals surface area contributed by atoms with Gasteiger partial charge in [-0.15, -0.1) is 5.10 Å². The lowest BCUT2D eigenvalue weighted by Crippen LogP contribution is -2.12. The van der Waals surface area contributed by atoms with Crippen LogP contribution < -0.4 is 5.73 Å². The predicted octanol–water partition coefficient (Wildman–Crippen LogP) is -0.347. The minimum atomic E-state index is -0.315. The number of hydrogen-bond acceptors (Lipinski definition) is 5. The molecular weight excluding hydrogens is 180 g/mol. The van der Waals surface area contributed by atoms with Gasteiger partial charge in [-0.2, -0.15) is 0 Å². The van der Waals surface area contributed by atoms with Crippen LogP contribution in [0.5, 0.6) is 0 Å². The molecule has 0 aliphatic rings. The SMILES string of the molecule is Cn1cc(C(N)c2cncnc2)nn1. The molecule has 0 aliphatic heterocycles. The van der Waals surface area contributed by atoms with Crippen molar-refractivity contribution in [2.24, 2.45) is 12.8 Å². The van der Waals surface area contributed by atoms with Crippen molar-refractivity contribution in [3.63, 3.8) is 0 Å². The summed E-state index contributed by atoms with van der Waals surface area (Å²) in [4.78, 5) is 7.78. The van der Waals surface area contributed by atoms with Crippen LogP contribution in [0.2, 0.25) is 0 Å². The molecule has 1 unspecified atom stereocenters. The van der Waals surface area contributed by atoms with Gasteiger partial charge in [-0.05, 0) is 0 Å². The second-order valence-corrected chi connectivity index (χ2v) is 2.97. The van der Waals surface area contributed by atoms with Gasteiger partial charge >= 0.3 is 0 Å². The van der Waals surface area contributed by atoms with E-state index in [9.17, 15) is 0 Å². The number of hydrogen-bond donors (Lipinski definition) is 1. The van der Waals surface area contributed by atoms with Crippen molar-refractivity contribution in [1.29, 1.82) is 0 Å². The highest BCUT2D eigenvalue weighted by Crippen LogP contribution is 2.14. The summed E-state index contributed by atoms with van der Waals surface area (Å²) in [7, 11) is 1.80. The first-order valence-electron chi connectivity index (χ1n) is 4.14. The van der Waals surface area contributed by atoms with E-state index in [2.05, 4.69) is 20.3 Å². The molecule has 72 valence electrons. The molecule has 6 heteroatoms. The summed E-state index contributed by atoms with van der Waals surface area (Å²) in [6.45, 7) is 0. The molecule has 0 spiro atoms. The van der Waals surface area contributed by atoms with Crippen molar-refractivity contribution in [2.75, 3.05) is 0 Å². The van der Waals surface area contributed by atoms with E-state index in [0.29, 0.717) is 5.69 Å². The maximum absolute atomic E-state index is 5.93. The van der Waals surface area contributed by atoms with Gasteiger partial charge in [0.05, 0.1) is 12.2 Å². The fraction of sp³-hybridized carbons (Fsp3) is 0.250. The van der Waals surface area contributed by atoms with Gasteiger partial charge in [-0.3, -0.25) is 4.68 Å². The Balaban J connectivity index is 2.29. The van der Waals surface area contributed by atoms with Gasteiger partial charge in [0.2, 0.25) is 0 Å². The number of nitrogens with zero attached hydrogens (tertiary/aromatic N) is 5. The highest BCUT2D eigenvalue weighted by molar-refractivity contribution is 5.19. The Morgan fingerprint density at radius 3 is 2.64 bits per heavy atom. The van der Waals surface area contributed by atoms with Gasteiger partial charge < -0.3 is 5.73 Å². The number of aryl methyl sites for hydroxylation is 1. The molecule has 0 bridgehead atoms. The molecule has 6 nitrogen and oxygen atoms in total. The van der Waals surface area contributed by atoms with Gasteiger partial charge in [0.1, 0.15) is 12.0 Å². The Morgan fingerprint density at radius 1 is 1.36 bits per heavy atom. The molecule has 2 N–H and O–H groups in total. The van der Waals surface area contributed by atoms with E-state index in [4.69, 9.17) is 5.73 Å². The molecule has 0 saturated carbocycles. The molecule has 2 aromatic heterocycles. The number of aromatic nitrogens is 5. The molecule has 0 radical (unpaired) electrons. The van der Waals surface area contributed by atoms with E-state index >= 15 is 0 Å². The van der Waals surface area contributed by atoms with Crippen molar-refractivity contribution in [1.82, 2.24) is 25.0 Å². The number of rotatable bonds is 2. The first-order valence-corrected chi connectivity index (χ1v) is 4.14. The summed E-state index contributed by atoms with van der Waals surface area (Å²) in [6.07, 6.45) is 6.59. The minimum Gasteiger partial charge on any atom is -0.319 e. The standard InChI is InChI=1S/C8H10N6/c1-14-4-7(12-13-14)8(9)6-2-10-5-11-3-6/h2-5,8H,9H2,1H3. The molecule has 14 heavy (non-hydrogen) atoms. The third kappa shape index (κ3) is 1.60. The van der Waals surface area contributed by atoms with Gasteiger partial charge in [-0.25, -0.2) is 9.97 Å². The van der Waals surface area contributed by atoms with Crippen molar-refractivity contribution in [3.8, 4) is 0 Å². The molecule has 0 fully saturated rings. The fourth-order valence-corrected chi connectivity index (χ4v) is 1.15. The van der Waals surface area contributed by atoms with Crippen LogP contribution in [0.1, 0.15) is 17.3 Å². The summed E-state index contributed by atoms with van der Waals surface area (Å²) in [6, 6.07) is -0.315. The van der Waals surface area contributed by atoms with E-state index in [0.717, 1.165) is 5.56 Å². The van der Waals surface area contributed by atoms with Crippen LogP contribution in [0.25, 0.3) is 0 Å². The Morgan fingerprint density at radius 2 is 2.07 bits per heavy atom. The van der Waals surface area contributed by atoms with Gasteiger partial charge in [0, 0.05) is 25.0 Å². The Hall–Kier alpha value is -1.82. The van der Waals surface area contributed by atoms with Crippen molar-refractivity contribution >= 4 is 0 Å². The van der Waals surface area contributed by atoms with Crippen LogP contribution in [0.15, 0.2) is 24.9 Å². The minimum absolute atomic E-state index is 0.315. The number of nitrogens with two attached hydrogens (primary N) is 1. The zero-order valence-corrected chi connectivity index (χ0v) is 7.70. The summed E-state index contributed by atoms with van der Waals surface area (Å²) in [5.74, 6) is 0. The molecular formula is C8H10N6. The van der Waals surface area contributed by atoms with E-state index in [1.54, 1.807) is 30.3 Å². The van der Waals surface area contributed by atoms with Crippen LogP contribution in [-0.4, -0.2) is 25.0 Å². The van der Waals surface area contributed by atoms with Crippen LogP contribution in [0.4, 0.5) is 0 Å². The maximum atomic E-state index is 5.93. The molecule has 1 atom stereocenters. The highest BCUT2D eigenvalue weighted by Gasteiger charge is 2.12. The molecule has 0 aromatic carbocycles. The molecule has 0 amide bonds. The zero-order valence-electron chi connectivity index (χ0n) is 7.70. The van der Waals surface area contributed by atoms with Gasteiger partial charge in [0.25, 0.3) is 0 Å².